The number of rotatable bonds is 9. The summed E-state index contributed by atoms with van der Waals surface area (Å²) in [4.78, 5) is 11.9. The van der Waals surface area contributed by atoms with Gasteiger partial charge in [-0.3, -0.25) is 9.48 Å². The van der Waals surface area contributed by atoms with Gasteiger partial charge in [0.25, 0.3) is 0 Å². The van der Waals surface area contributed by atoms with Gasteiger partial charge in [0.15, 0.2) is 5.16 Å². The Morgan fingerprint density at radius 1 is 1.38 bits per heavy atom. The third-order valence-corrected chi connectivity index (χ3v) is 4.16. The highest BCUT2D eigenvalue weighted by Gasteiger charge is 2.12. The van der Waals surface area contributed by atoms with Crippen LogP contribution in [0.5, 0.6) is 0 Å². The second-order valence-electron chi connectivity index (χ2n) is 6.28. The monoisotopic (exact) mass is 350 g/mol. The topological polar surface area (TPSA) is 77.6 Å². The SMILES string of the molecule is CSc1nnc(CCCNC(=O)Cn2cc(C)cn2)n1CC(C)C. The van der Waals surface area contributed by atoms with Crippen molar-refractivity contribution in [1.82, 2.24) is 29.9 Å². The summed E-state index contributed by atoms with van der Waals surface area (Å²) >= 11 is 1.62. The minimum Gasteiger partial charge on any atom is -0.354 e. The lowest BCUT2D eigenvalue weighted by molar-refractivity contribution is -0.121. The lowest BCUT2D eigenvalue weighted by Crippen LogP contribution is -2.29. The molecule has 0 fully saturated rings. The van der Waals surface area contributed by atoms with Crippen LogP contribution < -0.4 is 5.32 Å². The van der Waals surface area contributed by atoms with Gasteiger partial charge in [-0.1, -0.05) is 25.6 Å². The molecule has 0 bridgehead atoms. The van der Waals surface area contributed by atoms with Gasteiger partial charge in [-0.15, -0.1) is 10.2 Å². The van der Waals surface area contributed by atoms with Crippen LogP contribution in [0, 0.1) is 12.8 Å². The van der Waals surface area contributed by atoms with E-state index >= 15 is 0 Å². The van der Waals surface area contributed by atoms with Crippen molar-refractivity contribution in [3.63, 3.8) is 0 Å². The van der Waals surface area contributed by atoms with E-state index in [4.69, 9.17) is 0 Å². The average Bonchev–Trinajstić information content (AvgIpc) is 3.09. The summed E-state index contributed by atoms with van der Waals surface area (Å²) in [6.07, 6.45) is 7.27. The number of amides is 1. The second kappa shape index (κ2) is 8.86. The zero-order valence-electron chi connectivity index (χ0n) is 14.8. The standard InChI is InChI=1S/C16H26N6OS/c1-12(2)9-22-14(19-20-16(22)24-4)6-5-7-17-15(23)11-21-10-13(3)8-18-21/h8,10,12H,5-7,9,11H2,1-4H3,(H,17,23). The van der Waals surface area contributed by atoms with E-state index in [0.29, 0.717) is 12.5 Å². The van der Waals surface area contributed by atoms with Crippen LogP contribution in [0.4, 0.5) is 0 Å². The predicted octanol–water partition coefficient (Wildman–Crippen LogP) is 1.91. The quantitative estimate of drug-likeness (QED) is 0.552. The first-order chi connectivity index (χ1) is 11.5. The summed E-state index contributed by atoms with van der Waals surface area (Å²) in [5, 5.41) is 16.5. The molecule has 0 aliphatic heterocycles. The number of nitrogens with zero attached hydrogens (tertiary/aromatic N) is 5. The van der Waals surface area contributed by atoms with Crippen LogP contribution >= 0.6 is 11.8 Å². The number of thioether (sulfide) groups is 1. The van der Waals surface area contributed by atoms with Crippen molar-refractivity contribution in [2.45, 2.75) is 51.9 Å². The molecule has 2 aromatic heterocycles. The first kappa shape index (κ1) is 18.5. The highest BCUT2D eigenvalue weighted by atomic mass is 32.2. The van der Waals surface area contributed by atoms with E-state index < -0.39 is 0 Å². The summed E-state index contributed by atoms with van der Waals surface area (Å²) in [7, 11) is 0. The van der Waals surface area contributed by atoms with Gasteiger partial charge in [-0.05, 0) is 31.1 Å². The summed E-state index contributed by atoms with van der Waals surface area (Å²) in [6.45, 7) is 8.13. The van der Waals surface area contributed by atoms with Crippen molar-refractivity contribution >= 4 is 17.7 Å². The molecule has 0 aliphatic carbocycles. The maximum atomic E-state index is 11.9. The van der Waals surface area contributed by atoms with Crippen LogP contribution in [0.3, 0.4) is 0 Å². The molecule has 0 saturated heterocycles. The minimum atomic E-state index is -0.0217. The lowest BCUT2D eigenvalue weighted by atomic mass is 10.2. The van der Waals surface area contributed by atoms with E-state index in [0.717, 1.165) is 35.9 Å². The van der Waals surface area contributed by atoms with E-state index in [2.05, 4.69) is 39.0 Å². The van der Waals surface area contributed by atoms with Crippen molar-refractivity contribution in [1.29, 1.82) is 0 Å². The van der Waals surface area contributed by atoms with Gasteiger partial charge in [0, 0.05) is 25.7 Å². The summed E-state index contributed by atoms with van der Waals surface area (Å²) in [5.41, 5.74) is 1.05. The molecule has 2 heterocycles. The third-order valence-electron chi connectivity index (χ3n) is 3.49. The minimum absolute atomic E-state index is 0.0217. The predicted molar refractivity (Wildman–Crippen MR) is 94.9 cm³/mol. The molecular formula is C16H26N6OS. The second-order valence-corrected chi connectivity index (χ2v) is 7.05. The number of carbonyl (C=O) groups excluding carboxylic acids is 1. The Kier molecular flexibility index (Phi) is 6.84. The Bertz CT molecular complexity index is 663. The number of hydrogen-bond donors (Lipinski definition) is 1. The van der Waals surface area contributed by atoms with Gasteiger partial charge < -0.3 is 9.88 Å². The van der Waals surface area contributed by atoms with Gasteiger partial charge in [0.2, 0.25) is 5.91 Å². The van der Waals surface area contributed by atoms with Gasteiger partial charge >= 0.3 is 0 Å². The summed E-state index contributed by atoms with van der Waals surface area (Å²) < 4.78 is 3.83. The largest absolute Gasteiger partial charge is 0.354 e. The van der Waals surface area contributed by atoms with E-state index in [1.165, 1.54) is 0 Å². The average molecular weight is 350 g/mol. The third kappa shape index (κ3) is 5.36. The van der Waals surface area contributed by atoms with Crippen LogP contribution in [-0.2, 0) is 24.3 Å². The fourth-order valence-corrected chi connectivity index (χ4v) is 2.96. The molecule has 1 amide bonds. The normalized spacial score (nSPS) is 11.2. The Balaban J connectivity index is 1.77. The van der Waals surface area contributed by atoms with Crippen molar-refractivity contribution in [2.24, 2.45) is 5.92 Å². The molecule has 2 rings (SSSR count). The van der Waals surface area contributed by atoms with Crippen LogP contribution in [-0.4, -0.2) is 43.3 Å². The number of nitrogens with one attached hydrogen (secondary N) is 1. The molecule has 2 aromatic rings. The van der Waals surface area contributed by atoms with Crippen LogP contribution in [0.2, 0.25) is 0 Å². The fraction of sp³-hybridized carbons (Fsp3) is 0.625. The van der Waals surface area contributed by atoms with Gasteiger partial charge in [0.05, 0.1) is 6.20 Å². The van der Waals surface area contributed by atoms with Crippen LogP contribution in [0.1, 0.15) is 31.7 Å². The van der Waals surface area contributed by atoms with E-state index in [1.54, 1.807) is 22.6 Å². The highest BCUT2D eigenvalue weighted by Crippen LogP contribution is 2.16. The lowest BCUT2D eigenvalue weighted by Gasteiger charge is -2.11. The molecule has 0 spiro atoms. The number of carbonyl (C=O) groups is 1. The smallest absolute Gasteiger partial charge is 0.241 e. The Hall–Kier alpha value is -1.83. The molecule has 0 aromatic carbocycles. The summed E-state index contributed by atoms with van der Waals surface area (Å²) in [6, 6.07) is 0. The molecule has 0 aliphatic rings. The number of aromatic nitrogens is 5. The fourth-order valence-electron chi connectivity index (χ4n) is 2.43. The Morgan fingerprint density at radius 3 is 2.79 bits per heavy atom. The first-order valence-electron chi connectivity index (χ1n) is 8.21. The zero-order chi connectivity index (χ0) is 17.5. The van der Waals surface area contributed by atoms with Crippen molar-refractivity contribution in [3.05, 3.63) is 23.8 Å². The van der Waals surface area contributed by atoms with Crippen LogP contribution in [0.15, 0.2) is 17.6 Å². The number of hydrogen-bond acceptors (Lipinski definition) is 5. The van der Waals surface area contributed by atoms with E-state index in [9.17, 15) is 4.79 Å². The molecule has 8 heteroatoms. The molecule has 0 atom stereocenters. The molecule has 1 N–H and O–H groups in total. The van der Waals surface area contributed by atoms with Gasteiger partial charge in [0.1, 0.15) is 12.4 Å². The summed E-state index contributed by atoms with van der Waals surface area (Å²) in [5.74, 6) is 1.51. The van der Waals surface area contributed by atoms with Gasteiger partial charge in [-0.2, -0.15) is 5.10 Å². The molecule has 0 radical (unpaired) electrons. The number of aryl methyl sites for hydroxylation is 2. The maximum absolute atomic E-state index is 11.9. The molecule has 7 nitrogen and oxygen atoms in total. The van der Waals surface area contributed by atoms with Gasteiger partial charge in [-0.25, -0.2) is 0 Å². The van der Waals surface area contributed by atoms with E-state index in [-0.39, 0.29) is 12.5 Å². The Labute approximate surface area is 147 Å². The van der Waals surface area contributed by atoms with Crippen molar-refractivity contribution < 1.29 is 4.79 Å². The van der Waals surface area contributed by atoms with Crippen molar-refractivity contribution in [2.75, 3.05) is 12.8 Å². The Morgan fingerprint density at radius 2 is 2.17 bits per heavy atom. The zero-order valence-corrected chi connectivity index (χ0v) is 15.6. The first-order valence-corrected chi connectivity index (χ1v) is 9.44. The van der Waals surface area contributed by atoms with E-state index in [1.807, 2.05) is 19.4 Å². The molecule has 0 saturated carbocycles. The molecule has 0 unspecified atom stereocenters. The van der Waals surface area contributed by atoms with Crippen LogP contribution in [0.25, 0.3) is 0 Å². The molecule has 24 heavy (non-hydrogen) atoms. The van der Waals surface area contributed by atoms with Crippen molar-refractivity contribution in [3.8, 4) is 0 Å². The molecule has 132 valence electrons. The molecular weight excluding hydrogens is 324 g/mol. The highest BCUT2D eigenvalue weighted by molar-refractivity contribution is 7.98. The maximum Gasteiger partial charge on any atom is 0.241 e.